The Bertz CT molecular complexity index is 520. The van der Waals surface area contributed by atoms with Crippen molar-refractivity contribution in [1.29, 1.82) is 0 Å². The van der Waals surface area contributed by atoms with E-state index in [-0.39, 0.29) is 12.6 Å². The highest BCUT2D eigenvalue weighted by molar-refractivity contribution is 5.79. The average molecular weight is 306 g/mol. The quantitative estimate of drug-likeness (QED) is 0.788. The number of amides is 2. The van der Waals surface area contributed by atoms with Gasteiger partial charge in [-0.25, -0.2) is 4.79 Å². The Hall–Kier alpha value is -2.24. The number of carbonyl (C=O) groups is 2. The topological polar surface area (TPSA) is 78.9 Å². The van der Waals surface area contributed by atoms with Crippen molar-refractivity contribution in [2.75, 3.05) is 26.2 Å². The second kappa shape index (κ2) is 7.15. The average Bonchev–Trinajstić information content (AvgIpc) is 2.92. The zero-order chi connectivity index (χ0) is 16.0. The van der Waals surface area contributed by atoms with Crippen LogP contribution < -0.4 is 10.1 Å². The number of urea groups is 1. The molecule has 1 atom stereocenters. The van der Waals surface area contributed by atoms with E-state index in [1.54, 1.807) is 11.8 Å². The molecule has 0 saturated carbocycles. The predicted molar refractivity (Wildman–Crippen MR) is 81.9 cm³/mol. The highest BCUT2D eigenvalue weighted by atomic mass is 16.5. The summed E-state index contributed by atoms with van der Waals surface area (Å²) in [6.45, 7) is 3.45. The number of rotatable bonds is 6. The van der Waals surface area contributed by atoms with Crippen LogP contribution in [0.1, 0.15) is 19.8 Å². The Morgan fingerprint density at radius 3 is 2.73 bits per heavy atom. The molecule has 2 N–H and O–H groups in total. The van der Waals surface area contributed by atoms with Crippen molar-refractivity contribution in [3.63, 3.8) is 0 Å². The van der Waals surface area contributed by atoms with Gasteiger partial charge in [-0.15, -0.1) is 0 Å². The van der Waals surface area contributed by atoms with Crippen LogP contribution in [0.25, 0.3) is 0 Å². The zero-order valence-corrected chi connectivity index (χ0v) is 12.7. The maximum atomic E-state index is 12.0. The van der Waals surface area contributed by atoms with E-state index in [0.717, 1.165) is 5.75 Å². The summed E-state index contributed by atoms with van der Waals surface area (Å²) in [5.41, 5.74) is -0.826. The van der Waals surface area contributed by atoms with Gasteiger partial charge in [0.1, 0.15) is 5.75 Å². The Kier molecular flexibility index (Phi) is 5.25. The van der Waals surface area contributed by atoms with Crippen molar-refractivity contribution < 1.29 is 19.4 Å². The number of likely N-dealkylation sites (tertiary alicyclic amines) is 1. The number of carboxylic acid groups (broad SMARTS) is 1. The number of hydrogen-bond acceptors (Lipinski definition) is 3. The van der Waals surface area contributed by atoms with E-state index in [1.807, 2.05) is 30.3 Å². The van der Waals surface area contributed by atoms with Crippen LogP contribution in [0.3, 0.4) is 0 Å². The molecular weight excluding hydrogens is 284 g/mol. The molecule has 1 aliphatic heterocycles. The number of hydrogen-bond donors (Lipinski definition) is 2. The molecule has 0 spiro atoms. The van der Waals surface area contributed by atoms with Gasteiger partial charge in [0.15, 0.2) is 0 Å². The number of ether oxygens (including phenoxy) is 1. The molecule has 0 bridgehead atoms. The number of benzene rings is 1. The first-order valence-corrected chi connectivity index (χ1v) is 7.45. The number of nitrogens with one attached hydrogen (secondary N) is 1. The molecule has 1 unspecified atom stereocenters. The van der Waals surface area contributed by atoms with E-state index in [4.69, 9.17) is 9.84 Å². The van der Waals surface area contributed by atoms with Gasteiger partial charge in [0.25, 0.3) is 0 Å². The van der Waals surface area contributed by atoms with E-state index >= 15 is 0 Å². The third-order valence-corrected chi connectivity index (χ3v) is 3.89. The molecule has 1 aromatic rings. The monoisotopic (exact) mass is 306 g/mol. The van der Waals surface area contributed by atoms with Crippen molar-refractivity contribution in [1.82, 2.24) is 10.2 Å². The molecule has 120 valence electrons. The molecule has 0 aliphatic carbocycles. The van der Waals surface area contributed by atoms with Gasteiger partial charge in [-0.05, 0) is 31.9 Å². The summed E-state index contributed by atoms with van der Waals surface area (Å²) in [7, 11) is 0. The molecule has 1 fully saturated rings. The van der Waals surface area contributed by atoms with Crippen molar-refractivity contribution >= 4 is 12.0 Å². The number of aliphatic carboxylic acids is 1. The lowest BCUT2D eigenvalue weighted by Crippen LogP contribution is -2.41. The van der Waals surface area contributed by atoms with Gasteiger partial charge in [-0.2, -0.15) is 0 Å². The maximum Gasteiger partial charge on any atom is 0.317 e. The molecule has 1 heterocycles. The van der Waals surface area contributed by atoms with Gasteiger partial charge >= 0.3 is 12.0 Å². The molecule has 2 rings (SSSR count). The molecule has 1 aromatic carbocycles. The van der Waals surface area contributed by atoms with E-state index in [1.165, 1.54) is 0 Å². The first-order chi connectivity index (χ1) is 10.5. The summed E-state index contributed by atoms with van der Waals surface area (Å²) in [4.78, 5) is 24.7. The largest absolute Gasteiger partial charge is 0.494 e. The highest BCUT2D eigenvalue weighted by Crippen LogP contribution is 2.29. The van der Waals surface area contributed by atoms with Crippen LogP contribution in [0.2, 0.25) is 0 Å². The van der Waals surface area contributed by atoms with Crippen molar-refractivity contribution in [3.05, 3.63) is 30.3 Å². The van der Waals surface area contributed by atoms with Crippen molar-refractivity contribution in [2.24, 2.45) is 5.41 Å². The summed E-state index contributed by atoms with van der Waals surface area (Å²) >= 11 is 0. The lowest BCUT2D eigenvalue weighted by Gasteiger charge is -2.20. The lowest BCUT2D eigenvalue weighted by atomic mass is 9.90. The van der Waals surface area contributed by atoms with Crippen LogP contribution in [0.15, 0.2) is 30.3 Å². The van der Waals surface area contributed by atoms with Crippen LogP contribution in [0.5, 0.6) is 5.75 Å². The number of carbonyl (C=O) groups excluding carboxylic acids is 1. The summed E-state index contributed by atoms with van der Waals surface area (Å²) in [5.74, 6) is -0.0374. The van der Waals surface area contributed by atoms with Gasteiger partial charge in [0.2, 0.25) is 0 Å². The van der Waals surface area contributed by atoms with Gasteiger partial charge < -0.3 is 20.1 Å². The molecule has 2 amide bonds. The molecule has 1 saturated heterocycles. The molecule has 1 aliphatic rings. The molecular formula is C16H22N2O4. The van der Waals surface area contributed by atoms with Crippen LogP contribution in [0, 0.1) is 5.41 Å². The van der Waals surface area contributed by atoms with Crippen LogP contribution in [-0.2, 0) is 4.79 Å². The van der Waals surface area contributed by atoms with E-state index in [0.29, 0.717) is 32.5 Å². The second-order valence-electron chi connectivity index (χ2n) is 5.78. The Morgan fingerprint density at radius 2 is 2.09 bits per heavy atom. The van der Waals surface area contributed by atoms with Gasteiger partial charge in [0, 0.05) is 19.6 Å². The standard InChI is InChI=1S/C16H22N2O4/c1-16(14(19)20)8-10-18(12-16)15(21)17-9-5-11-22-13-6-3-2-4-7-13/h2-4,6-7H,5,8-12H2,1H3,(H,17,21)(H,19,20). The lowest BCUT2D eigenvalue weighted by molar-refractivity contribution is -0.146. The van der Waals surface area contributed by atoms with Gasteiger partial charge in [0.05, 0.1) is 12.0 Å². The fraction of sp³-hybridized carbons (Fsp3) is 0.500. The minimum atomic E-state index is -0.848. The van der Waals surface area contributed by atoms with Crippen LogP contribution in [0.4, 0.5) is 4.79 Å². The number of para-hydroxylation sites is 1. The van der Waals surface area contributed by atoms with Crippen LogP contribution in [-0.4, -0.2) is 48.2 Å². The second-order valence-corrected chi connectivity index (χ2v) is 5.78. The first kappa shape index (κ1) is 16.1. The number of nitrogens with zero attached hydrogens (tertiary/aromatic N) is 1. The summed E-state index contributed by atoms with van der Waals surface area (Å²) < 4.78 is 5.54. The normalized spacial score (nSPS) is 20.7. The van der Waals surface area contributed by atoms with Gasteiger partial charge in [-0.1, -0.05) is 18.2 Å². The van der Waals surface area contributed by atoms with Crippen molar-refractivity contribution in [2.45, 2.75) is 19.8 Å². The van der Waals surface area contributed by atoms with E-state index in [2.05, 4.69) is 5.32 Å². The Labute approximate surface area is 130 Å². The summed E-state index contributed by atoms with van der Waals surface area (Å²) in [6.07, 6.45) is 1.19. The van der Waals surface area contributed by atoms with Gasteiger partial charge in [-0.3, -0.25) is 4.79 Å². The van der Waals surface area contributed by atoms with Crippen molar-refractivity contribution in [3.8, 4) is 5.75 Å². The van der Waals surface area contributed by atoms with E-state index < -0.39 is 11.4 Å². The third-order valence-electron chi connectivity index (χ3n) is 3.89. The fourth-order valence-electron chi connectivity index (χ4n) is 2.40. The maximum absolute atomic E-state index is 12.0. The predicted octanol–water partition coefficient (Wildman–Crippen LogP) is 1.96. The smallest absolute Gasteiger partial charge is 0.317 e. The summed E-state index contributed by atoms with van der Waals surface area (Å²) in [6, 6.07) is 9.30. The summed E-state index contributed by atoms with van der Waals surface area (Å²) in [5, 5.41) is 12.0. The fourth-order valence-corrected chi connectivity index (χ4v) is 2.40. The Morgan fingerprint density at radius 1 is 1.36 bits per heavy atom. The minimum absolute atomic E-state index is 0.204. The molecule has 0 radical (unpaired) electrons. The molecule has 6 nitrogen and oxygen atoms in total. The molecule has 6 heteroatoms. The third kappa shape index (κ3) is 4.13. The zero-order valence-electron chi connectivity index (χ0n) is 12.7. The number of carboxylic acids is 1. The SMILES string of the molecule is CC1(C(=O)O)CCN(C(=O)NCCCOc2ccccc2)C1. The van der Waals surface area contributed by atoms with E-state index in [9.17, 15) is 9.59 Å². The Balaban J connectivity index is 1.63. The molecule has 22 heavy (non-hydrogen) atoms. The first-order valence-electron chi connectivity index (χ1n) is 7.45. The highest BCUT2D eigenvalue weighted by Gasteiger charge is 2.42. The minimum Gasteiger partial charge on any atom is -0.494 e. The molecule has 0 aromatic heterocycles. The van der Waals surface area contributed by atoms with Crippen LogP contribution >= 0.6 is 0 Å².